The van der Waals surface area contributed by atoms with Crippen LogP contribution >= 0.6 is 11.6 Å². The quantitative estimate of drug-likeness (QED) is 0.702. The van der Waals surface area contributed by atoms with Gasteiger partial charge in [-0.05, 0) is 42.5 Å². The highest BCUT2D eigenvalue weighted by atomic mass is 35.5. The molecule has 2 aromatic rings. The number of benzene rings is 2. The van der Waals surface area contributed by atoms with Crippen LogP contribution in [-0.2, 0) is 22.7 Å². The van der Waals surface area contributed by atoms with E-state index in [0.29, 0.717) is 37.1 Å². The molecule has 4 rings (SSSR count). The highest BCUT2D eigenvalue weighted by Crippen LogP contribution is 2.32. The van der Waals surface area contributed by atoms with E-state index in [1.165, 1.54) is 0 Å². The van der Waals surface area contributed by atoms with Crippen LogP contribution in [0, 0.1) is 5.92 Å². The molecule has 1 heterocycles. The average Bonchev–Trinajstić information content (AvgIpc) is 3.47. The molecule has 0 N–H and O–H groups in total. The molecule has 1 aliphatic carbocycles. The maximum atomic E-state index is 13.2. The zero-order valence-electron chi connectivity index (χ0n) is 16.3. The van der Waals surface area contributed by atoms with Gasteiger partial charge in [-0.3, -0.25) is 4.79 Å². The van der Waals surface area contributed by atoms with E-state index in [1.54, 1.807) is 4.90 Å². The number of likely N-dealkylation sites (tertiary alicyclic amines) is 1. The summed E-state index contributed by atoms with van der Waals surface area (Å²) in [5.41, 5.74) is 2.03. The van der Waals surface area contributed by atoms with Gasteiger partial charge in [0.2, 0.25) is 5.91 Å². The molecule has 5 nitrogen and oxygen atoms in total. The molecule has 6 heteroatoms. The van der Waals surface area contributed by atoms with Gasteiger partial charge in [-0.1, -0.05) is 54.1 Å². The molecule has 1 aliphatic heterocycles. The fraction of sp³-hybridized carbons (Fsp3) is 0.391. The molecule has 0 spiro atoms. The molecular formula is C23H25ClN2O3. The summed E-state index contributed by atoms with van der Waals surface area (Å²) in [5.74, 6) is -0.0204. The molecule has 1 unspecified atom stereocenters. The van der Waals surface area contributed by atoms with Gasteiger partial charge in [-0.25, -0.2) is 4.79 Å². The molecule has 1 saturated heterocycles. The van der Waals surface area contributed by atoms with Crippen molar-refractivity contribution in [1.82, 2.24) is 9.80 Å². The van der Waals surface area contributed by atoms with Gasteiger partial charge in [0.05, 0.1) is 5.92 Å². The van der Waals surface area contributed by atoms with Gasteiger partial charge in [-0.2, -0.15) is 0 Å². The third kappa shape index (κ3) is 5.10. The molecule has 29 heavy (non-hydrogen) atoms. The first-order valence-corrected chi connectivity index (χ1v) is 10.5. The van der Waals surface area contributed by atoms with Crippen molar-refractivity contribution < 1.29 is 14.3 Å². The van der Waals surface area contributed by atoms with Crippen LogP contribution in [0.15, 0.2) is 54.6 Å². The van der Waals surface area contributed by atoms with Crippen LogP contribution in [0.3, 0.4) is 0 Å². The lowest BCUT2D eigenvalue weighted by molar-refractivity contribution is -0.136. The van der Waals surface area contributed by atoms with Crippen LogP contribution in [0.5, 0.6) is 0 Å². The van der Waals surface area contributed by atoms with Crippen molar-refractivity contribution in [3.63, 3.8) is 0 Å². The lowest BCUT2D eigenvalue weighted by Gasteiger charge is -2.26. The number of hydrogen-bond acceptors (Lipinski definition) is 3. The fourth-order valence-corrected chi connectivity index (χ4v) is 3.86. The molecule has 1 atom stereocenters. The van der Waals surface area contributed by atoms with Gasteiger partial charge in [0, 0.05) is 30.7 Å². The monoisotopic (exact) mass is 412 g/mol. The minimum absolute atomic E-state index is 0.140. The van der Waals surface area contributed by atoms with Crippen LogP contribution in [0.25, 0.3) is 0 Å². The predicted octanol–water partition coefficient (Wildman–Crippen LogP) is 4.49. The summed E-state index contributed by atoms with van der Waals surface area (Å²) in [6.07, 6.45) is 2.44. The SMILES string of the molecule is O=C(OCc1ccccc1)N1CCC(C(=O)N(Cc2ccc(Cl)cc2)C2CC2)C1. The van der Waals surface area contributed by atoms with E-state index in [1.807, 2.05) is 59.5 Å². The Hall–Kier alpha value is -2.53. The molecule has 0 radical (unpaired) electrons. The van der Waals surface area contributed by atoms with Crippen LogP contribution in [0.1, 0.15) is 30.4 Å². The van der Waals surface area contributed by atoms with Gasteiger partial charge in [-0.15, -0.1) is 0 Å². The summed E-state index contributed by atoms with van der Waals surface area (Å²) in [7, 11) is 0. The molecule has 152 valence electrons. The Bertz CT molecular complexity index is 852. The van der Waals surface area contributed by atoms with E-state index in [-0.39, 0.29) is 24.5 Å². The number of ether oxygens (including phenoxy) is 1. The Morgan fingerprint density at radius 1 is 1.00 bits per heavy atom. The van der Waals surface area contributed by atoms with E-state index in [2.05, 4.69) is 0 Å². The second kappa shape index (κ2) is 8.87. The van der Waals surface area contributed by atoms with E-state index in [9.17, 15) is 9.59 Å². The number of hydrogen-bond donors (Lipinski definition) is 0. The van der Waals surface area contributed by atoms with Gasteiger partial charge < -0.3 is 14.5 Å². The molecular weight excluding hydrogens is 388 g/mol. The highest BCUT2D eigenvalue weighted by Gasteiger charge is 2.39. The smallest absolute Gasteiger partial charge is 0.410 e. The first-order chi connectivity index (χ1) is 14.1. The van der Waals surface area contributed by atoms with Crippen LogP contribution < -0.4 is 0 Å². The standard InChI is InChI=1S/C23H25ClN2O3/c24-20-8-6-17(7-9-20)14-26(21-10-11-21)22(27)19-12-13-25(15-19)23(28)29-16-18-4-2-1-3-5-18/h1-9,19,21H,10-16H2. The number of carbonyl (C=O) groups excluding carboxylic acids is 2. The minimum atomic E-state index is -0.347. The van der Waals surface area contributed by atoms with Gasteiger partial charge >= 0.3 is 6.09 Å². The third-order valence-corrected chi connectivity index (χ3v) is 5.79. The summed E-state index contributed by atoms with van der Waals surface area (Å²) >= 11 is 5.97. The summed E-state index contributed by atoms with van der Waals surface area (Å²) in [5, 5.41) is 0.693. The third-order valence-electron chi connectivity index (χ3n) is 5.54. The lowest BCUT2D eigenvalue weighted by atomic mass is 10.1. The number of amides is 2. The minimum Gasteiger partial charge on any atom is -0.445 e. The summed E-state index contributed by atoms with van der Waals surface area (Å²) in [6, 6.07) is 17.6. The van der Waals surface area contributed by atoms with Crippen LogP contribution in [0.2, 0.25) is 5.02 Å². The summed E-state index contributed by atoms with van der Waals surface area (Å²) < 4.78 is 5.42. The number of carbonyl (C=O) groups is 2. The van der Waals surface area contributed by atoms with Crippen molar-refractivity contribution >= 4 is 23.6 Å². The topological polar surface area (TPSA) is 49.9 Å². The first kappa shape index (κ1) is 19.8. The van der Waals surface area contributed by atoms with Gasteiger partial charge in [0.1, 0.15) is 6.61 Å². The van der Waals surface area contributed by atoms with Gasteiger partial charge in [0.15, 0.2) is 0 Å². The largest absolute Gasteiger partial charge is 0.445 e. The maximum absolute atomic E-state index is 13.2. The predicted molar refractivity (Wildman–Crippen MR) is 111 cm³/mol. The summed E-state index contributed by atoms with van der Waals surface area (Å²) in [4.78, 5) is 29.2. The van der Waals surface area contributed by atoms with Gasteiger partial charge in [0.25, 0.3) is 0 Å². The molecule has 0 bridgehead atoms. The fourth-order valence-electron chi connectivity index (χ4n) is 3.73. The van der Waals surface area contributed by atoms with Crippen molar-refractivity contribution in [3.05, 3.63) is 70.7 Å². The number of nitrogens with zero attached hydrogens (tertiary/aromatic N) is 2. The van der Waals surface area contributed by atoms with Crippen molar-refractivity contribution in [2.45, 2.75) is 38.5 Å². The van der Waals surface area contributed by atoms with Crippen molar-refractivity contribution in [1.29, 1.82) is 0 Å². The van der Waals surface area contributed by atoms with E-state index >= 15 is 0 Å². The second-order valence-electron chi connectivity index (χ2n) is 7.80. The second-order valence-corrected chi connectivity index (χ2v) is 8.23. The normalized spacial score (nSPS) is 18.5. The zero-order valence-corrected chi connectivity index (χ0v) is 17.1. The first-order valence-electron chi connectivity index (χ1n) is 10.1. The van der Waals surface area contributed by atoms with E-state index in [4.69, 9.17) is 16.3 Å². The van der Waals surface area contributed by atoms with Crippen molar-refractivity contribution in [3.8, 4) is 0 Å². The number of rotatable bonds is 6. The molecule has 2 aliphatic rings. The zero-order chi connectivity index (χ0) is 20.2. The summed E-state index contributed by atoms with van der Waals surface area (Å²) in [6.45, 7) is 1.83. The molecule has 2 amide bonds. The highest BCUT2D eigenvalue weighted by molar-refractivity contribution is 6.30. The van der Waals surface area contributed by atoms with E-state index in [0.717, 1.165) is 24.0 Å². The maximum Gasteiger partial charge on any atom is 0.410 e. The van der Waals surface area contributed by atoms with Crippen LogP contribution in [-0.4, -0.2) is 40.9 Å². The Balaban J connectivity index is 1.32. The van der Waals surface area contributed by atoms with Crippen molar-refractivity contribution in [2.75, 3.05) is 13.1 Å². The number of halogens is 1. The Kier molecular flexibility index (Phi) is 6.05. The van der Waals surface area contributed by atoms with E-state index < -0.39 is 0 Å². The lowest BCUT2D eigenvalue weighted by Crippen LogP contribution is -2.39. The molecule has 2 aromatic carbocycles. The molecule has 1 saturated carbocycles. The Morgan fingerprint density at radius 3 is 2.41 bits per heavy atom. The average molecular weight is 413 g/mol. The molecule has 2 fully saturated rings. The van der Waals surface area contributed by atoms with Crippen molar-refractivity contribution in [2.24, 2.45) is 5.92 Å². The Morgan fingerprint density at radius 2 is 1.72 bits per heavy atom. The Labute approximate surface area is 176 Å². The van der Waals surface area contributed by atoms with Crippen LogP contribution in [0.4, 0.5) is 4.79 Å². The molecule has 0 aromatic heterocycles.